The van der Waals surface area contributed by atoms with E-state index in [1.807, 2.05) is 25.7 Å². The standard InChI is InChI=1S/C22H27Cl2FN4O5/c1-22(2,3)34-20(31)27-17-13-9-28(10-14(13)17)16-5-4-11(6-15(16)25)29-8-12(33-21(29)32)7-26-19(30)18(23)24/h4-6,12-14,17-18H,7-10H2,1-3H3,(H,26,30)(H,27,31)/t12-,13?,14?,17?/m0/s1. The molecule has 3 aliphatic rings. The van der Waals surface area contributed by atoms with Gasteiger partial charge in [0.25, 0.3) is 5.91 Å². The third-order valence-electron chi connectivity index (χ3n) is 6.04. The van der Waals surface area contributed by atoms with E-state index in [0.29, 0.717) is 24.5 Å². The van der Waals surface area contributed by atoms with E-state index in [1.165, 1.54) is 11.0 Å². The topological polar surface area (TPSA) is 100 Å². The number of benzene rings is 1. The van der Waals surface area contributed by atoms with Crippen LogP contribution in [0.3, 0.4) is 0 Å². The van der Waals surface area contributed by atoms with Crippen LogP contribution in [-0.2, 0) is 14.3 Å². The minimum atomic E-state index is -1.21. The van der Waals surface area contributed by atoms with E-state index >= 15 is 0 Å². The minimum Gasteiger partial charge on any atom is -0.444 e. The summed E-state index contributed by atoms with van der Waals surface area (Å²) < 4.78 is 25.5. The van der Waals surface area contributed by atoms with Crippen molar-refractivity contribution in [1.82, 2.24) is 10.6 Å². The fourth-order valence-corrected chi connectivity index (χ4v) is 4.59. The molecule has 2 saturated heterocycles. The number of alkyl halides is 2. The van der Waals surface area contributed by atoms with Crippen LogP contribution in [0.2, 0.25) is 0 Å². The number of halogens is 3. The Labute approximate surface area is 206 Å². The van der Waals surface area contributed by atoms with Crippen LogP contribution in [0.4, 0.5) is 25.4 Å². The lowest BCUT2D eigenvalue weighted by Crippen LogP contribution is -2.38. The summed E-state index contributed by atoms with van der Waals surface area (Å²) in [6, 6.07) is 4.64. The smallest absolute Gasteiger partial charge is 0.414 e. The Morgan fingerprint density at radius 2 is 1.91 bits per heavy atom. The molecule has 3 fully saturated rings. The number of carbonyl (C=O) groups is 3. The molecule has 0 spiro atoms. The molecule has 2 unspecified atom stereocenters. The molecule has 1 aromatic carbocycles. The number of fused-ring (bicyclic) bond motifs is 1. The Balaban J connectivity index is 1.30. The van der Waals surface area contributed by atoms with Crippen molar-refractivity contribution >= 4 is 52.7 Å². The van der Waals surface area contributed by atoms with Crippen LogP contribution in [0.15, 0.2) is 18.2 Å². The average Bonchev–Trinajstić information content (AvgIpc) is 3.06. The molecule has 0 radical (unpaired) electrons. The molecular weight excluding hydrogens is 490 g/mol. The van der Waals surface area contributed by atoms with Gasteiger partial charge in [-0.25, -0.2) is 14.0 Å². The first kappa shape index (κ1) is 24.7. The van der Waals surface area contributed by atoms with E-state index in [2.05, 4.69) is 10.6 Å². The molecule has 2 aliphatic heterocycles. The zero-order valence-corrected chi connectivity index (χ0v) is 20.5. The van der Waals surface area contributed by atoms with Gasteiger partial charge in [-0.15, -0.1) is 0 Å². The average molecular weight is 517 g/mol. The highest BCUT2D eigenvalue weighted by atomic mass is 35.5. The van der Waals surface area contributed by atoms with Gasteiger partial charge in [-0.1, -0.05) is 23.2 Å². The number of anilines is 2. The number of nitrogens with one attached hydrogen (secondary N) is 2. The van der Waals surface area contributed by atoms with Crippen LogP contribution >= 0.6 is 23.2 Å². The predicted molar refractivity (Wildman–Crippen MR) is 125 cm³/mol. The van der Waals surface area contributed by atoms with Gasteiger partial charge in [0.2, 0.25) is 0 Å². The van der Waals surface area contributed by atoms with Crippen molar-refractivity contribution in [2.45, 2.75) is 43.4 Å². The summed E-state index contributed by atoms with van der Waals surface area (Å²) >= 11 is 11.0. The van der Waals surface area contributed by atoms with Crippen LogP contribution < -0.4 is 20.4 Å². The Hall–Kier alpha value is -2.46. The van der Waals surface area contributed by atoms with Gasteiger partial charge in [0.1, 0.15) is 17.5 Å². The van der Waals surface area contributed by atoms with Crippen LogP contribution in [0.1, 0.15) is 20.8 Å². The zero-order valence-electron chi connectivity index (χ0n) is 19.0. The van der Waals surface area contributed by atoms with Gasteiger partial charge in [-0.2, -0.15) is 0 Å². The molecule has 4 rings (SSSR count). The van der Waals surface area contributed by atoms with E-state index in [0.717, 1.165) is 0 Å². The molecule has 2 N–H and O–H groups in total. The van der Waals surface area contributed by atoms with Crippen molar-refractivity contribution in [2.24, 2.45) is 11.8 Å². The highest BCUT2D eigenvalue weighted by Gasteiger charge is 2.57. The summed E-state index contributed by atoms with van der Waals surface area (Å²) in [6.07, 6.45) is -1.67. The third kappa shape index (κ3) is 5.43. The highest BCUT2D eigenvalue weighted by molar-refractivity contribution is 6.53. The number of alkyl carbamates (subject to hydrolysis) is 1. The van der Waals surface area contributed by atoms with Gasteiger partial charge in [0, 0.05) is 31.0 Å². The summed E-state index contributed by atoms with van der Waals surface area (Å²) in [5.41, 5.74) is 0.248. The van der Waals surface area contributed by atoms with E-state index in [4.69, 9.17) is 32.7 Å². The first-order chi connectivity index (χ1) is 15.9. The summed E-state index contributed by atoms with van der Waals surface area (Å²) in [5, 5.41) is 5.38. The fourth-order valence-electron chi connectivity index (χ4n) is 4.43. The van der Waals surface area contributed by atoms with Gasteiger partial charge in [-0.3, -0.25) is 9.69 Å². The molecule has 3 atom stereocenters. The summed E-state index contributed by atoms with van der Waals surface area (Å²) in [4.78, 5) is 37.7. The maximum absolute atomic E-state index is 15.0. The Kier molecular flexibility index (Phi) is 6.74. The SMILES string of the molecule is CC(C)(C)OC(=O)NC1C2CN(c3ccc(N4C[C@H](CNC(=O)C(Cl)Cl)OC4=O)cc3F)CC21. The van der Waals surface area contributed by atoms with Gasteiger partial charge >= 0.3 is 12.2 Å². The van der Waals surface area contributed by atoms with Gasteiger partial charge in [0.15, 0.2) is 4.84 Å². The maximum atomic E-state index is 15.0. The molecule has 3 amide bonds. The second-order valence-corrected chi connectivity index (χ2v) is 10.8. The number of cyclic esters (lactones) is 1. The number of nitrogens with zero attached hydrogens (tertiary/aromatic N) is 2. The minimum absolute atomic E-state index is 0.0399. The molecule has 1 aromatic rings. The van der Waals surface area contributed by atoms with Crippen LogP contribution in [0.5, 0.6) is 0 Å². The maximum Gasteiger partial charge on any atom is 0.414 e. The molecule has 9 nitrogen and oxygen atoms in total. The van der Waals surface area contributed by atoms with Gasteiger partial charge in [0.05, 0.1) is 24.5 Å². The molecule has 1 saturated carbocycles. The lowest BCUT2D eigenvalue weighted by atomic mass is 10.2. The van der Waals surface area contributed by atoms with Crippen molar-refractivity contribution in [3.05, 3.63) is 24.0 Å². The van der Waals surface area contributed by atoms with Crippen LogP contribution in [0.25, 0.3) is 0 Å². The molecule has 0 aromatic heterocycles. The monoisotopic (exact) mass is 516 g/mol. The quantitative estimate of drug-likeness (QED) is 0.563. The van der Waals surface area contributed by atoms with Crippen LogP contribution in [0, 0.1) is 17.7 Å². The molecule has 1 aliphatic carbocycles. The van der Waals surface area contributed by atoms with Crippen LogP contribution in [-0.4, -0.2) is 66.9 Å². The van der Waals surface area contributed by atoms with E-state index in [-0.39, 0.29) is 31.0 Å². The normalized spacial score (nSPS) is 25.8. The van der Waals surface area contributed by atoms with Gasteiger partial charge in [-0.05, 0) is 39.0 Å². The van der Waals surface area contributed by atoms with Crippen molar-refractivity contribution in [3.63, 3.8) is 0 Å². The lowest BCUT2D eigenvalue weighted by molar-refractivity contribution is -0.119. The number of piperidine rings is 1. The molecule has 0 bridgehead atoms. The van der Waals surface area contributed by atoms with E-state index in [9.17, 15) is 18.8 Å². The van der Waals surface area contributed by atoms with E-state index in [1.54, 1.807) is 12.1 Å². The second-order valence-electron chi connectivity index (χ2n) is 9.70. The number of hydrogen-bond donors (Lipinski definition) is 2. The van der Waals surface area contributed by atoms with E-state index < -0.39 is 40.5 Å². The molecule has 34 heavy (non-hydrogen) atoms. The first-order valence-electron chi connectivity index (χ1n) is 11.0. The number of ether oxygens (including phenoxy) is 2. The Morgan fingerprint density at radius 1 is 1.24 bits per heavy atom. The molecular formula is C22H27Cl2FN4O5. The number of rotatable bonds is 6. The number of amides is 3. The van der Waals surface area contributed by atoms with Crippen molar-refractivity contribution in [3.8, 4) is 0 Å². The Bertz CT molecular complexity index is 977. The summed E-state index contributed by atoms with van der Waals surface area (Å²) in [6.45, 7) is 6.88. The largest absolute Gasteiger partial charge is 0.444 e. The molecule has 186 valence electrons. The van der Waals surface area contributed by atoms with Crippen molar-refractivity contribution < 1.29 is 28.2 Å². The third-order valence-corrected chi connectivity index (χ3v) is 6.43. The second kappa shape index (κ2) is 9.30. The van der Waals surface area contributed by atoms with Crippen molar-refractivity contribution in [1.29, 1.82) is 0 Å². The van der Waals surface area contributed by atoms with Gasteiger partial charge < -0.3 is 25.0 Å². The summed E-state index contributed by atoms with van der Waals surface area (Å²) in [7, 11) is 0. The molecule has 2 heterocycles. The number of hydrogen-bond acceptors (Lipinski definition) is 6. The first-order valence-corrected chi connectivity index (χ1v) is 11.9. The predicted octanol–water partition coefficient (Wildman–Crippen LogP) is 3.03. The summed E-state index contributed by atoms with van der Waals surface area (Å²) in [5.74, 6) is -0.541. The Morgan fingerprint density at radius 3 is 2.50 bits per heavy atom. The number of carbonyl (C=O) groups excluding carboxylic acids is 3. The van der Waals surface area contributed by atoms with Crippen molar-refractivity contribution in [2.75, 3.05) is 36.0 Å². The fraction of sp³-hybridized carbons (Fsp3) is 0.591. The lowest BCUT2D eigenvalue weighted by Gasteiger charge is -2.25. The highest BCUT2D eigenvalue weighted by Crippen LogP contribution is 2.47. The zero-order chi connectivity index (χ0) is 24.8. The molecule has 12 heteroatoms.